The molecule has 1 atom stereocenters. The second-order valence-corrected chi connectivity index (χ2v) is 8.34. The first-order valence-corrected chi connectivity index (χ1v) is 11.3. The molecule has 0 fully saturated rings. The predicted octanol–water partition coefficient (Wildman–Crippen LogP) is 4.76. The summed E-state index contributed by atoms with van der Waals surface area (Å²) in [4.78, 5) is 28.3. The maximum Gasteiger partial charge on any atom is 0.243 e. The molecule has 0 aliphatic heterocycles. The summed E-state index contributed by atoms with van der Waals surface area (Å²) in [7, 11) is 0. The summed E-state index contributed by atoms with van der Waals surface area (Å²) in [6.45, 7) is 6.61. The number of amides is 2. The molecular formula is C28H31FN2O2. The van der Waals surface area contributed by atoms with E-state index in [-0.39, 0.29) is 30.6 Å². The molecule has 3 rings (SSSR count). The molecule has 2 amide bonds. The number of rotatable bonds is 9. The minimum absolute atomic E-state index is 0.144. The SMILES string of the molecule is CCNC(=O)[C@H](Cc1ccccc1)N(Cc1ccc(F)cc1)C(=O)Cc1ccc(C)c(C)c1. The van der Waals surface area contributed by atoms with Gasteiger partial charge in [0.15, 0.2) is 0 Å². The van der Waals surface area contributed by atoms with Crippen molar-refractivity contribution in [2.75, 3.05) is 6.54 Å². The molecule has 0 saturated carbocycles. The van der Waals surface area contributed by atoms with Gasteiger partial charge in [-0.05, 0) is 60.7 Å². The summed E-state index contributed by atoms with van der Waals surface area (Å²) in [6, 6.07) is 21.0. The molecule has 4 nitrogen and oxygen atoms in total. The minimum Gasteiger partial charge on any atom is -0.355 e. The highest BCUT2D eigenvalue weighted by molar-refractivity contribution is 5.88. The lowest BCUT2D eigenvalue weighted by Crippen LogP contribution is -2.50. The van der Waals surface area contributed by atoms with Gasteiger partial charge in [-0.2, -0.15) is 0 Å². The number of aryl methyl sites for hydroxylation is 2. The Bertz CT molecular complexity index is 1080. The van der Waals surface area contributed by atoms with Gasteiger partial charge in [-0.25, -0.2) is 4.39 Å². The fraction of sp³-hybridized carbons (Fsp3) is 0.286. The van der Waals surface area contributed by atoms with E-state index in [4.69, 9.17) is 0 Å². The first-order valence-electron chi connectivity index (χ1n) is 11.3. The molecule has 33 heavy (non-hydrogen) atoms. The van der Waals surface area contributed by atoms with Crippen LogP contribution in [0.25, 0.3) is 0 Å². The number of benzene rings is 3. The average molecular weight is 447 g/mol. The maximum atomic E-state index is 13.6. The van der Waals surface area contributed by atoms with Crippen LogP contribution < -0.4 is 5.32 Å². The summed E-state index contributed by atoms with van der Waals surface area (Å²) >= 11 is 0. The van der Waals surface area contributed by atoms with Gasteiger partial charge in [-0.1, -0.05) is 60.7 Å². The third kappa shape index (κ3) is 6.75. The van der Waals surface area contributed by atoms with E-state index in [1.165, 1.54) is 17.7 Å². The van der Waals surface area contributed by atoms with Crippen molar-refractivity contribution >= 4 is 11.8 Å². The van der Waals surface area contributed by atoms with E-state index in [9.17, 15) is 14.0 Å². The van der Waals surface area contributed by atoms with E-state index < -0.39 is 6.04 Å². The fourth-order valence-corrected chi connectivity index (χ4v) is 3.82. The maximum absolute atomic E-state index is 13.6. The van der Waals surface area contributed by atoms with Gasteiger partial charge in [0.25, 0.3) is 0 Å². The number of nitrogens with one attached hydrogen (secondary N) is 1. The van der Waals surface area contributed by atoms with Crippen LogP contribution in [0.15, 0.2) is 72.8 Å². The topological polar surface area (TPSA) is 49.4 Å². The molecule has 0 unspecified atom stereocenters. The highest BCUT2D eigenvalue weighted by Gasteiger charge is 2.30. The van der Waals surface area contributed by atoms with Crippen LogP contribution in [0.5, 0.6) is 0 Å². The Labute approximate surface area is 195 Å². The van der Waals surface area contributed by atoms with Gasteiger partial charge in [0, 0.05) is 19.5 Å². The molecule has 0 aliphatic rings. The Morgan fingerprint density at radius 2 is 1.55 bits per heavy atom. The zero-order valence-corrected chi connectivity index (χ0v) is 19.5. The van der Waals surface area contributed by atoms with E-state index >= 15 is 0 Å². The number of carbonyl (C=O) groups excluding carboxylic acids is 2. The van der Waals surface area contributed by atoms with Crippen molar-refractivity contribution in [2.45, 2.75) is 46.2 Å². The van der Waals surface area contributed by atoms with Crippen LogP contribution in [0.3, 0.4) is 0 Å². The summed E-state index contributed by atoms with van der Waals surface area (Å²) in [6.07, 6.45) is 0.583. The number of halogens is 1. The van der Waals surface area contributed by atoms with Crippen LogP contribution in [0, 0.1) is 19.7 Å². The minimum atomic E-state index is -0.684. The van der Waals surface area contributed by atoms with Crippen molar-refractivity contribution < 1.29 is 14.0 Å². The first kappa shape index (κ1) is 24.2. The molecule has 3 aromatic carbocycles. The third-order valence-corrected chi connectivity index (χ3v) is 5.81. The quantitative estimate of drug-likeness (QED) is 0.515. The molecule has 1 N–H and O–H groups in total. The normalized spacial score (nSPS) is 11.6. The van der Waals surface area contributed by atoms with Crippen molar-refractivity contribution in [1.29, 1.82) is 0 Å². The molecule has 0 heterocycles. The Balaban J connectivity index is 1.95. The molecule has 0 spiro atoms. The van der Waals surface area contributed by atoms with E-state index in [1.807, 2.05) is 69.3 Å². The average Bonchev–Trinajstić information content (AvgIpc) is 2.80. The van der Waals surface area contributed by atoms with Gasteiger partial charge in [-0.3, -0.25) is 9.59 Å². The summed E-state index contributed by atoms with van der Waals surface area (Å²) in [5, 5.41) is 2.88. The van der Waals surface area contributed by atoms with Gasteiger partial charge in [0.05, 0.1) is 6.42 Å². The van der Waals surface area contributed by atoms with Crippen LogP contribution in [-0.4, -0.2) is 29.3 Å². The lowest BCUT2D eigenvalue weighted by atomic mass is 10.00. The van der Waals surface area contributed by atoms with Gasteiger partial charge >= 0.3 is 0 Å². The Kier molecular flexibility index (Phi) is 8.36. The first-order chi connectivity index (χ1) is 15.9. The van der Waals surface area contributed by atoms with Gasteiger partial charge < -0.3 is 10.2 Å². The largest absolute Gasteiger partial charge is 0.355 e. The Morgan fingerprint density at radius 3 is 2.18 bits per heavy atom. The molecule has 0 bridgehead atoms. The highest BCUT2D eigenvalue weighted by atomic mass is 19.1. The van der Waals surface area contributed by atoms with Gasteiger partial charge in [-0.15, -0.1) is 0 Å². The lowest BCUT2D eigenvalue weighted by Gasteiger charge is -2.31. The molecule has 172 valence electrons. The second-order valence-electron chi connectivity index (χ2n) is 8.34. The molecule has 0 aliphatic carbocycles. The third-order valence-electron chi connectivity index (χ3n) is 5.81. The van der Waals surface area contributed by atoms with E-state index in [2.05, 4.69) is 5.32 Å². The van der Waals surface area contributed by atoms with E-state index in [1.54, 1.807) is 17.0 Å². The van der Waals surface area contributed by atoms with Crippen molar-refractivity contribution in [3.63, 3.8) is 0 Å². The molecule has 0 saturated heterocycles. The van der Waals surface area contributed by atoms with E-state index in [0.29, 0.717) is 13.0 Å². The molecule has 5 heteroatoms. The molecule has 3 aromatic rings. The van der Waals surface area contributed by atoms with Crippen LogP contribution in [0.1, 0.15) is 34.7 Å². The number of carbonyl (C=O) groups is 2. The smallest absolute Gasteiger partial charge is 0.243 e. The molecule has 0 aromatic heterocycles. The number of hydrogen-bond donors (Lipinski definition) is 1. The second kappa shape index (κ2) is 11.4. The van der Waals surface area contributed by atoms with E-state index in [0.717, 1.165) is 22.3 Å². The van der Waals surface area contributed by atoms with Crippen LogP contribution in [-0.2, 0) is 29.0 Å². The zero-order chi connectivity index (χ0) is 23.8. The lowest BCUT2D eigenvalue weighted by molar-refractivity contribution is -0.140. The number of likely N-dealkylation sites (N-methyl/N-ethyl adjacent to an activating group) is 1. The van der Waals surface area contributed by atoms with Crippen LogP contribution in [0.4, 0.5) is 4.39 Å². The number of nitrogens with zero attached hydrogens (tertiary/aromatic N) is 1. The van der Waals surface area contributed by atoms with Crippen LogP contribution in [0.2, 0.25) is 0 Å². The monoisotopic (exact) mass is 446 g/mol. The highest BCUT2D eigenvalue weighted by Crippen LogP contribution is 2.18. The van der Waals surface area contributed by atoms with Gasteiger partial charge in [0.2, 0.25) is 11.8 Å². The molecule has 0 radical (unpaired) electrons. The fourth-order valence-electron chi connectivity index (χ4n) is 3.82. The Morgan fingerprint density at radius 1 is 0.879 bits per heavy atom. The zero-order valence-electron chi connectivity index (χ0n) is 19.5. The van der Waals surface area contributed by atoms with Crippen LogP contribution >= 0.6 is 0 Å². The standard InChI is InChI=1S/C28H31FN2O2/c1-4-30-28(33)26(17-22-8-6-5-7-9-22)31(19-23-12-14-25(29)15-13-23)27(32)18-24-11-10-20(2)21(3)16-24/h5-16,26H,4,17-19H2,1-3H3,(H,30,33)/t26-/m0/s1. The molecular weight excluding hydrogens is 415 g/mol. The van der Waals surface area contributed by atoms with Crippen molar-refractivity contribution in [1.82, 2.24) is 10.2 Å². The summed E-state index contributed by atoms with van der Waals surface area (Å²) in [5.74, 6) is -0.678. The summed E-state index contributed by atoms with van der Waals surface area (Å²) < 4.78 is 13.5. The van der Waals surface area contributed by atoms with Crippen molar-refractivity contribution in [2.24, 2.45) is 0 Å². The predicted molar refractivity (Wildman–Crippen MR) is 129 cm³/mol. The summed E-state index contributed by atoms with van der Waals surface area (Å²) in [5.41, 5.74) is 4.93. The van der Waals surface area contributed by atoms with Crippen molar-refractivity contribution in [3.05, 3.63) is 106 Å². The van der Waals surface area contributed by atoms with Crippen molar-refractivity contribution in [3.8, 4) is 0 Å². The Hall–Kier alpha value is -3.47. The number of hydrogen-bond acceptors (Lipinski definition) is 2. The van der Waals surface area contributed by atoms with Gasteiger partial charge in [0.1, 0.15) is 11.9 Å².